The highest BCUT2D eigenvalue weighted by Gasteiger charge is 2.26. The normalized spacial score (nSPS) is 22.4. The number of nitrogens with one attached hydrogen (secondary N) is 5. The van der Waals surface area contributed by atoms with Crippen LogP contribution in [-0.4, -0.2) is 44.3 Å². The van der Waals surface area contributed by atoms with Crippen LogP contribution in [0.5, 0.6) is 0 Å². The van der Waals surface area contributed by atoms with Gasteiger partial charge in [-0.3, -0.25) is 5.10 Å². The first-order valence-electron chi connectivity index (χ1n) is 14.1. The number of hydrogen-bond acceptors (Lipinski definition) is 7. The van der Waals surface area contributed by atoms with Crippen molar-refractivity contribution in [2.24, 2.45) is 0 Å². The molecular weight excluding hydrogens is 490 g/mol. The van der Waals surface area contributed by atoms with Crippen LogP contribution in [0.15, 0.2) is 36.5 Å². The van der Waals surface area contributed by atoms with E-state index in [1.165, 1.54) is 30.5 Å². The molecule has 3 aromatic rings. The second-order valence-corrected chi connectivity index (χ2v) is 11.1. The molecule has 1 atom stereocenters. The van der Waals surface area contributed by atoms with Crippen molar-refractivity contribution in [3.05, 3.63) is 64.7 Å². The van der Waals surface area contributed by atoms with Crippen molar-refractivity contribution >= 4 is 17.7 Å². The number of carbonyl (C=O) groups excluding carboxylic acids is 1. The zero-order valence-electron chi connectivity index (χ0n) is 22.0. The molecule has 10 heteroatoms. The first-order chi connectivity index (χ1) is 19.1. The van der Waals surface area contributed by atoms with E-state index in [4.69, 9.17) is 5.26 Å². The zero-order chi connectivity index (χ0) is 26.6. The van der Waals surface area contributed by atoms with Crippen LogP contribution in [0.2, 0.25) is 0 Å². The number of aromatic amines is 1. The van der Waals surface area contributed by atoms with Crippen molar-refractivity contribution < 1.29 is 4.79 Å². The third-order valence-corrected chi connectivity index (χ3v) is 8.32. The van der Waals surface area contributed by atoms with E-state index in [-0.39, 0.29) is 18.1 Å². The molecule has 0 aliphatic heterocycles. The predicted octanol–water partition coefficient (Wildman–Crippen LogP) is 3.95. The number of benzene rings is 1. The lowest BCUT2D eigenvalue weighted by Crippen LogP contribution is -2.48. The minimum absolute atomic E-state index is 0.0787. The first-order valence-corrected chi connectivity index (χ1v) is 14.1. The maximum Gasteiger partial charge on any atom is 0.315 e. The highest BCUT2D eigenvalue weighted by Crippen LogP contribution is 2.36. The Morgan fingerprint density at radius 1 is 0.949 bits per heavy atom. The fourth-order valence-electron chi connectivity index (χ4n) is 5.89. The third kappa shape index (κ3) is 6.20. The summed E-state index contributed by atoms with van der Waals surface area (Å²) in [6.45, 7) is 0.600. The van der Waals surface area contributed by atoms with Gasteiger partial charge in [0.15, 0.2) is 5.82 Å². The Morgan fingerprint density at radius 2 is 1.74 bits per heavy atom. The molecule has 1 aromatic carbocycles. The molecule has 5 N–H and O–H groups in total. The van der Waals surface area contributed by atoms with Gasteiger partial charge in [0.05, 0.1) is 18.2 Å². The van der Waals surface area contributed by atoms with Crippen molar-refractivity contribution in [3.8, 4) is 6.07 Å². The van der Waals surface area contributed by atoms with E-state index in [2.05, 4.69) is 53.6 Å². The van der Waals surface area contributed by atoms with E-state index in [1.54, 1.807) is 6.20 Å². The van der Waals surface area contributed by atoms with Crippen LogP contribution in [0.1, 0.15) is 79.1 Å². The Balaban J connectivity index is 0.911. The molecule has 2 heterocycles. The van der Waals surface area contributed by atoms with Gasteiger partial charge in [-0.15, -0.1) is 0 Å². The largest absolute Gasteiger partial charge is 0.335 e. The number of hydrogen-bond donors (Lipinski definition) is 5. The summed E-state index contributed by atoms with van der Waals surface area (Å²) < 4.78 is 0. The van der Waals surface area contributed by atoms with Crippen LogP contribution in [0.4, 0.5) is 16.4 Å². The molecule has 0 spiro atoms. The van der Waals surface area contributed by atoms with Gasteiger partial charge in [-0.05, 0) is 80.7 Å². The predicted molar refractivity (Wildman–Crippen MR) is 147 cm³/mol. The number of fused-ring (bicyclic) bond motifs is 1. The Morgan fingerprint density at radius 3 is 2.54 bits per heavy atom. The number of amides is 2. The molecule has 1 unspecified atom stereocenters. The molecule has 10 nitrogen and oxygen atoms in total. The molecule has 3 aliphatic rings. The minimum atomic E-state index is -0.0980. The quantitative estimate of drug-likeness (QED) is 0.300. The van der Waals surface area contributed by atoms with Gasteiger partial charge in [0.25, 0.3) is 0 Å². The van der Waals surface area contributed by atoms with Crippen molar-refractivity contribution in [1.82, 2.24) is 36.1 Å². The summed E-state index contributed by atoms with van der Waals surface area (Å²) in [6, 6.07) is 12.4. The number of aromatic nitrogens is 4. The Kier molecular flexibility index (Phi) is 7.41. The molecule has 2 saturated carbocycles. The number of rotatable bonds is 8. The molecule has 3 aliphatic carbocycles. The van der Waals surface area contributed by atoms with Crippen LogP contribution in [0.25, 0.3) is 0 Å². The summed E-state index contributed by atoms with van der Waals surface area (Å²) in [7, 11) is 0. The van der Waals surface area contributed by atoms with Gasteiger partial charge in [0, 0.05) is 42.0 Å². The fourth-order valence-corrected chi connectivity index (χ4v) is 5.89. The number of H-pyrrole nitrogens is 1. The van der Waals surface area contributed by atoms with Gasteiger partial charge in [0.1, 0.15) is 11.6 Å². The zero-order valence-corrected chi connectivity index (χ0v) is 22.0. The molecular formula is C29H35N9O. The van der Waals surface area contributed by atoms with E-state index in [1.807, 2.05) is 24.3 Å². The monoisotopic (exact) mass is 525 g/mol. The number of nitriles is 1. The molecule has 202 valence electrons. The average molecular weight is 526 g/mol. The summed E-state index contributed by atoms with van der Waals surface area (Å²) in [5.41, 5.74) is 4.25. The van der Waals surface area contributed by atoms with Gasteiger partial charge >= 0.3 is 6.03 Å². The van der Waals surface area contributed by atoms with Crippen LogP contribution in [0, 0.1) is 11.3 Å². The Hall–Kier alpha value is -3.97. The maximum absolute atomic E-state index is 12.6. The topological polar surface area (TPSA) is 143 Å². The Bertz CT molecular complexity index is 1350. The van der Waals surface area contributed by atoms with E-state index in [0.717, 1.165) is 61.5 Å². The highest BCUT2D eigenvalue weighted by molar-refractivity contribution is 5.74. The van der Waals surface area contributed by atoms with Crippen molar-refractivity contribution in [1.29, 1.82) is 5.26 Å². The second kappa shape index (κ2) is 11.4. The molecule has 2 aromatic heterocycles. The summed E-state index contributed by atoms with van der Waals surface area (Å²) in [5, 5.41) is 29.8. The lowest BCUT2D eigenvalue weighted by atomic mass is 9.83. The van der Waals surface area contributed by atoms with Crippen LogP contribution in [-0.2, 0) is 19.4 Å². The molecule has 2 amide bonds. The number of carbonyl (C=O) groups is 1. The molecule has 2 fully saturated rings. The van der Waals surface area contributed by atoms with Crippen LogP contribution >= 0.6 is 0 Å². The number of anilines is 2. The summed E-state index contributed by atoms with van der Waals surface area (Å²) in [5.74, 6) is 2.88. The van der Waals surface area contributed by atoms with Crippen LogP contribution < -0.4 is 21.3 Å². The second-order valence-electron chi connectivity index (χ2n) is 11.1. The van der Waals surface area contributed by atoms with Crippen molar-refractivity contribution in [2.45, 2.75) is 88.4 Å². The lowest BCUT2D eigenvalue weighted by Gasteiger charge is -2.30. The van der Waals surface area contributed by atoms with E-state index in [0.29, 0.717) is 24.1 Å². The molecule has 0 bridgehead atoms. The highest BCUT2D eigenvalue weighted by atomic mass is 16.2. The van der Waals surface area contributed by atoms with Crippen molar-refractivity contribution in [3.63, 3.8) is 0 Å². The summed E-state index contributed by atoms with van der Waals surface area (Å²) in [4.78, 5) is 21.7. The molecule has 0 radical (unpaired) electrons. The number of nitrogens with zero attached hydrogens (tertiary/aromatic N) is 4. The van der Waals surface area contributed by atoms with Gasteiger partial charge in [-0.2, -0.15) is 10.4 Å². The molecule has 39 heavy (non-hydrogen) atoms. The van der Waals surface area contributed by atoms with Gasteiger partial charge in [-0.25, -0.2) is 14.8 Å². The van der Waals surface area contributed by atoms with E-state index in [9.17, 15) is 4.79 Å². The average Bonchev–Trinajstić information content (AvgIpc) is 3.53. The maximum atomic E-state index is 12.6. The van der Waals surface area contributed by atoms with Gasteiger partial charge in [0.2, 0.25) is 0 Å². The van der Waals surface area contributed by atoms with E-state index < -0.39 is 0 Å². The molecule has 6 rings (SSSR count). The Labute approximate surface area is 228 Å². The third-order valence-electron chi connectivity index (χ3n) is 8.32. The summed E-state index contributed by atoms with van der Waals surface area (Å²) in [6.07, 6.45) is 11.0. The lowest BCUT2D eigenvalue weighted by molar-refractivity contribution is 0.225. The van der Waals surface area contributed by atoms with Gasteiger partial charge < -0.3 is 21.3 Å². The smallest absolute Gasteiger partial charge is 0.315 e. The summed E-state index contributed by atoms with van der Waals surface area (Å²) >= 11 is 0. The molecule has 0 saturated heterocycles. The van der Waals surface area contributed by atoms with Gasteiger partial charge in [-0.1, -0.05) is 12.5 Å². The SMILES string of the molecule is N#Cc1ccc2c(c1)CC(NC(=O)NC1CCC(NCc3nccc(Nc4cc(C5CCC5)[nH]n4)n3)CC1)C2. The fraction of sp³-hybridized carbons (Fsp3) is 0.483. The minimum Gasteiger partial charge on any atom is -0.335 e. The first kappa shape index (κ1) is 25.3. The standard InChI is InChI=1S/C29H35N9O/c30-16-18-4-5-20-13-24(14-21(20)12-18)34-29(39)33-23-8-6-22(7-9-23)32-17-28-31-11-10-26(36-28)35-27-15-25(37-38-27)19-2-1-3-19/h4-5,10-12,15,19,22-24,32H,1-3,6-9,13-14,17H2,(H2,33,34,39)(H2,31,35,36,37,38). The van der Waals surface area contributed by atoms with E-state index >= 15 is 0 Å². The van der Waals surface area contributed by atoms with Crippen LogP contribution in [0.3, 0.4) is 0 Å². The number of urea groups is 1. The van der Waals surface area contributed by atoms with Crippen molar-refractivity contribution in [2.75, 3.05) is 5.32 Å².